The first-order valence-electron chi connectivity index (χ1n) is 12.3. The number of anilines is 4. The largest absolute Gasteiger partial charge is 0.870 e. The SMILES string of the molecule is CC(=O)Nc1cc2c(cc1-c1c(O)[c+](-c3cc4c(cc3NC(C)=O)N(C)CCC4)[c+]1O)CCCN2C.[OH-].[OH-]. The van der Waals surface area contributed by atoms with Crippen LogP contribution < -0.4 is 20.4 Å². The van der Waals surface area contributed by atoms with Crippen LogP contribution in [0.25, 0.3) is 22.3 Å². The van der Waals surface area contributed by atoms with Crippen molar-refractivity contribution in [3.05, 3.63) is 35.4 Å². The van der Waals surface area contributed by atoms with Gasteiger partial charge in [-0.05, 0) is 43.4 Å². The number of carbonyl (C=O) groups is 2. The molecule has 0 unspecified atom stereocenters. The van der Waals surface area contributed by atoms with Gasteiger partial charge in [-0.2, -0.15) is 0 Å². The minimum atomic E-state index is -0.232. The van der Waals surface area contributed by atoms with Gasteiger partial charge in [0, 0.05) is 64.4 Å². The molecule has 10 heteroatoms. The van der Waals surface area contributed by atoms with E-state index >= 15 is 0 Å². The summed E-state index contributed by atoms with van der Waals surface area (Å²) in [5.41, 5.74) is 7.10. The van der Waals surface area contributed by atoms with Crippen molar-refractivity contribution in [1.29, 1.82) is 0 Å². The Morgan fingerprint density at radius 1 is 0.842 bits per heavy atom. The average Bonchev–Trinajstić information content (AvgIpc) is 2.80. The molecule has 6 N–H and O–H groups in total. The monoisotopic (exact) mass is 522 g/mol. The smallest absolute Gasteiger partial charge is 0.290 e. The maximum atomic E-state index is 12.0. The van der Waals surface area contributed by atoms with Crippen molar-refractivity contribution in [2.45, 2.75) is 39.5 Å². The zero-order chi connectivity index (χ0) is 25.7. The van der Waals surface area contributed by atoms with Crippen molar-refractivity contribution >= 4 is 34.6 Å². The molecule has 202 valence electrons. The Morgan fingerprint density at radius 3 is 1.87 bits per heavy atom. The second-order valence-electron chi connectivity index (χ2n) is 9.91. The first kappa shape index (κ1) is 28.5. The molecule has 0 aromatic heterocycles. The van der Waals surface area contributed by atoms with Gasteiger partial charge in [0.05, 0.1) is 11.4 Å². The third kappa shape index (κ3) is 4.80. The van der Waals surface area contributed by atoms with E-state index in [1.54, 1.807) is 0 Å². The number of amides is 2. The molecule has 2 aliphatic rings. The summed E-state index contributed by atoms with van der Waals surface area (Å²) in [7, 11) is 4.03. The lowest BCUT2D eigenvalue weighted by molar-refractivity contribution is -0.115. The highest BCUT2D eigenvalue weighted by molar-refractivity contribution is 6.08. The third-order valence-corrected chi connectivity index (χ3v) is 7.25. The van der Waals surface area contributed by atoms with Crippen LogP contribution in [0.2, 0.25) is 0 Å². The van der Waals surface area contributed by atoms with Gasteiger partial charge in [0.1, 0.15) is 11.3 Å². The number of aromatic hydroxyl groups is 2. The van der Waals surface area contributed by atoms with Crippen LogP contribution >= 0.6 is 0 Å². The van der Waals surface area contributed by atoms with Gasteiger partial charge in [0.25, 0.3) is 11.5 Å². The second kappa shape index (κ2) is 10.8. The van der Waals surface area contributed by atoms with Crippen LogP contribution in [0.1, 0.15) is 37.8 Å². The molecule has 0 spiro atoms. The lowest BCUT2D eigenvalue weighted by atomic mass is 9.84. The summed E-state index contributed by atoms with van der Waals surface area (Å²) in [6.07, 6.45) is 3.77. The molecule has 0 bridgehead atoms. The summed E-state index contributed by atoms with van der Waals surface area (Å²) < 4.78 is 0. The number of hydrogen-bond donors (Lipinski definition) is 4. The van der Waals surface area contributed by atoms with Crippen molar-refractivity contribution in [3.63, 3.8) is 0 Å². The summed E-state index contributed by atoms with van der Waals surface area (Å²) in [5.74, 6) is -0.577. The number of rotatable bonds is 4. The molecule has 0 radical (unpaired) electrons. The number of fused-ring (bicyclic) bond motifs is 2. The molecular formula is C28H34N4O6. The quantitative estimate of drug-likeness (QED) is 0.370. The molecule has 0 saturated carbocycles. The first-order valence-corrected chi connectivity index (χ1v) is 12.3. The fourth-order valence-electron chi connectivity index (χ4n) is 5.55. The minimum absolute atomic E-state index is 0. The lowest BCUT2D eigenvalue weighted by Gasteiger charge is -2.28. The van der Waals surface area contributed by atoms with Crippen molar-refractivity contribution < 1.29 is 30.8 Å². The Balaban J connectivity index is 0.00000200. The van der Waals surface area contributed by atoms with Crippen molar-refractivity contribution in [1.82, 2.24) is 0 Å². The molecule has 2 heterocycles. The van der Waals surface area contributed by atoms with Crippen LogP contribution in [0.5, 0.6) is 11.5 Å². The van der Waals surface area contributed by atoms with Crippen molar-refractivity contribution in [2.75, 3.05) is 47.6 Å². The molecule has 2 aliphatic heterocycles. The number of nitrogens with one attached hydrogen (secondary N) is 2. The number of hydrogen-bond acceptors (Lipinski definition) is 8. The predicted octanol–water partition coefficient (Wildman–Crippen LogP) is 4.20. The standard InChI is InChI=1S/C28H30N4O4.2H2O/c1-15(33)29-21-13-23-17(7-5-9-31(23)3)11-19(21)25-27(35)26(28(25)36)20-12-18-8-6-10-32(4)24(18)14-22(20)30-16(2)34;;/h11-14,35H,5-10H2,1-4H3,(H-2,29,30,33,34,36);2*1H2. The molecule has 3 aromatic carbocycles. The van der Waals surface area contributed by atoms with E-state index in [0.717, 1.165) is 61.3 Å². The molecular weight excluding hydrogens is 488 g/mol. The average molecular weight is 523 g/mol. The molecule has 0 atom stereocenters. The fourth-order valence-corrected chi connectivity index (χ4v) is 5.55. The van der Waals surface area contributed by atoms with E-state index in [1.165, 1.54) is 13.8 Å². The van der Waals surface area contributed by atoms with Gasteiger partial charge in [-0.1, -0.05) is 0 Å². The van der Waals surface area contributed by atoms with Gasteiger partial charge in [0.15, 0.2) is 5.56 Å². The molecule has 0 fully saturated rings. The third-order valence-electron chi connectivity index (χ3n) is 7.25. The summed E-state index contributed by atoms with van der Waals surface area (Å²) >= 11 is 0. The van der Waals surface area contributed by atoms with Gasteiger partial charge in [-0.25, -0.2) is 0 Å². The number of nitrogens with zero attached hydrogens (tertiary/aromatic N) is 2. The van der Waals surface area contributed by atoms with Gasteiger partial charge in [-0.3, -0.25) is 14.9 Å². The van der Waals surface area contributed by atoms with E-state index in [9.17, 15) is 19.8 Å². The molecule has 38 heavy (non-hydrogen) atoms. The Labute approximate surface area is 221 Å². The van der Waals surface area contributed by atoms with Crippen LogP contribution in [-0.2, 0) is 22.4 Å². The Kier molecular flexibility index (Phi) is 8.09. The summed E-state index contributed by atoms with van der Waals surface area (Å²) in [5, 5.41) is 28.3. The highest BCUT2D eigenvalue weighted by Gasteiger charge is 2.44. The van der Waals surface area contributed by atoms with Crippen LogP contribution in [0, 0.1) is 0 Å². The normalized spacial score (nSPS) is 14.1. The predicted molar refractivity (Wildman–Crippen MR) is 147 cm³/mol. The molecule has 3 aromatic rings. The maximum Gasteiger partial charge on any atom is 0.290 e. The molecule has 0 saturated heterocycles. The zero-order valence-corrected chi connectivity index (χ0v) is 22.1. The Hall–Kier alpha value is -4.02. The lowest BCUT2D eigenvalue weighted by Crippen LogP contribution is -2.25. The topological polar surface area (TPSA) is 165 Å². The van der Waals surface area contributed by atoms with Crippen LogP contribution in [0.4, 0.5) is 22.7 Å². The van der Waals surface area contributed by atoms with E-state index < -0.39 is 0 Å². The van der Waals surface area contributed by atoms with Gasteiger partial charge in [-0.15, -0.1) is 0 Å². The summed E-state index contributed by atoms with van der Waals surface area (Å²) in [4.78, 5) is 28.3. The first-order chi connectivity index (χ1) is 17.2. The Bertz CT molecular complexity index is 1250. The summed E-state index contributed by atoms with van der Waals surface area (Å²) in [6.45, 7) is 4.73. The molecule has 2 amide bonds. The van der Waals surface area contributed by atoms with Gasteiger partial charge >= 0.3 is 0 Å². The summed E-state index contributed by atoms with van der Waals surface area (Å²) in [6, 6.07) is 7.72. The second-order valence-corrected chi connectivity index (χ2v) is 9.91. The van der Waals surface area contributed by atoms with Crippen molar-refractivity contribution in [3.8, 4) is 33.8 Å². The van der Waals surface area contributed by atoms with E-state index in [-0.39, 0.29) is 34.3 Å². The van der Waals surface area contributed by atoms with E-state index in [4.69, 9.17) is 0 Å². The van der Waals surface area contributed by atoms with Gasteiger partial charge in [0.2, 0.25) is 22.9 Å². The number of benzene rings is 2. The molecule has 10 nitrogen and oxygen atoms in total. The van der Waals surface area contributed by atoms with E-state index in [0.29, 0.717) is 33.6 Å². The van der Waals surface area contributed by atoms with E-state index in [1.807, 2.05) is 38.4 Å². The molecule has 0 aliphatic carbocycles. The van der Waals surface area contributed by atoms with Gasteiger partial charge < -0.3 is 36.3 Å². The highest BCUT2D eigenvalue weighted by Crippen LogP contribution is 2.58. The fraction of sp³-hybridized carbons (Fsp3) is 0.357. The minimum Gasteiger partial charge on any atom is -0.870 e. The van der Waals surface area contributed by atoms with Crippen molar-refractivity contribution in [2.24, 2.45) is 0 Å². The van der Waals surface area contributed by atoms with Crippen LogP contribution in [0.3, 0.4) is 0 Å². The highest BCUT2D eigenvalue weighted by atomic mass is 16.3. The maximum absolute atomic E-state index is 12.0. The zero-order valence-electron chi connectivity index (χ0n) is 22.1. The van der Waals surface area contributed by atoms with Crippen LogP contribution in [0.15, 0.2) is 24.3 Å². The molecule has 5 rings (SSSR count). The van der Waals surface area contributed by atoms with E-state index in [2.05, 4.69) is 20.4 Å². The van der Waals surface area contributed by atoms with Crippen LogP contribution in [-0.4, -0.2) is 60.2 Å². The Morgan fingerprint density at radius 2 is 1.34 bits per heavy atom. The number of carbonyl (C=O) groups excluding carboxylic acids is 2. The number of aryl methyl sites for hydroxylation is 2.